The fourth-order valence-corrected chi connectivity index (χ4v) is 1.71. The monoisotopic (exact) mass is 208 g/mol. The zero-order valence-electron chi connectivity index (χ0n) is 10.9. The third kappa shape index (κ3) is 8.47. The van der Waals surface area contributed by atoms with E-state index in [1.807, 2.05) is 6.08 Å². The fraction of sp³-hybridized carbons (Fsp3) is 0.733. The minimum atomic E-state index is 0.899. The quantitative estimate of drug-likeness (QED) is 0.346. The van der Waals surface area contributed by atoms with Crippen LogP contribution in [0.4, 0.5) is 0 Å². The third-order valence-electron chi connectivity index (χ3n) is 3.15. The first kappa shape index (κ1) is 14.5. The van der Waals surface area contributed by atoms with Crippen LogP contribution in [0.1, 0.15) is 65.7 Å². The molecule has 0 aliphatic carbocycles. The topological polar surface area (TPSA) is 0 Å². The molecule has 0 N–H and O–H groups in total. The molecule has 88 valence electrons. The molecule has 0 radical (unpaired) electrons. The zero-order valence-corrected chi connectivity index (χ0v) is 10.9. The average molecular weight is 208 g/mol. The molecule has 0 aliphatic heterocycles. The second-order valence-electron chi connectivity index (χ2n) is 4.49. The van der Waals surface area contributed by atoms with E-state index in [2.05, 4.69) is 33.4 Å². The Bertz CT molecular complexity index is 176. The van der Waals surface area contributed by atoms with Crippen LogP contribution in [0, 0.1) is 5.92 Å². The van der Waals surface area contributed by atoms with Gasteiger partial charge in [0.1, 0.15) is 0 Å². The van der Waals surface area contributed by atoms with Crippen molar-refractivity contribution < 1.29 is 0 Å². The van der Waals surface area contributed by atoms with Gasteiger partial charge in [0.25, 0.3) is 0 Å². The highest BCUT2D eigenvalue weighted by molar-refractivity contribution is 5.01. The average Bonchev–Trinajstić information content (AvgIpc) is 2.26. The molecule has 1 atom stereocenters. The van der Waals surface area contributed by atoms with Crippen LogP contribution in [0.2, 0.25) is 0 Å². The third-order valence-corrected chi connectivity index (χ3v) is 3.15. The molecule has 0 aromatic carbocycles. The second-order valence-corrected chi connectivity index (χ2v) is 4.49. The Hall–Kier alpha value is -0.520. The highest BCUT2D eigenvalue weighted by Gasteiger charge is 1.99. The van der Waals surface area contributed by atoms with Crippen molar-refractivity contribution in [2.45, 2.75) is 65.7 Å². The molecule has 0 spiro atoms. The van der Waals surface area contributed by atoms with Crippen molar-refractivity contribution in [1.29, 1.82) is 0 Å². The molecule has 0 rings (SSSR count). The molecule has 0 fully saturated rings. The van der Waals surface area contributed by atoms with Gasteiger partial charge < -0.3 is 0 Å². The molecule has 0 amide bonds. The molecule has 0 bridgehead atoms. The predicted molar refractivity (Wildman–Crippen MR) is 71.1 cm³/mol. The first-order valence-corrected chi connectivity index (χ1v) is 6.53. The number of unbranched alkanes of at least 4 members (excludes halogenated alkanes) is 1. The maximum atomic E-state index is 3.75. The van der Waals surface area contributed by atoms with Gasteiger partial charge in [-0.15, -0.1) is 6.58 Å². The molecule has 0 aliphatic rings. The molecule has 0 aromatic heterocycles. The first-order valence-electron chi connectivity index (χ1n) is 6.53. The fourth-order valence-electron chi connectivity index (χ4n) is 1.71. The summed E-state index contributed by atoms with van der Waals surface area (Å²) in [5, 5.41) is 0. The maximum absolute atomic E-state index is 3.75. The van der Waals surface area contributed by atoms with Gasteiger partial charge in [0.2, 0.25) is 0 Å². The molecule has 0 heteroatoms. The van der Waals surface area contributed by atoms with Crippen molar-refractivity contribution >= 4 is 0 Å². The van der Waals surface area contributed by atoms with Crippen LogP contribution >= 0.6 is 0 Å². The first-order chi connectivity index (χ1) is 7.24. The standard InChI is InChI=1S/C15H28/c1-5-8-9-12-15(7-3)13-10-11-14(4)6-2/h5,12,14H,1,6-11,13H2,2-4H3/b15-12+. The van der Waals surface area contributed by atoms with Crippen LogP contribution in [-0.2, 0) is 0 Å². The minimum absolute atomic E-state index is 0.899. The Morgan fingerprint density at radius 2 is 2.00 bits per heavy atom. The van der Waals surface area contributed by atoms with Crippen molar-refractivity contribution in [3.05, 3.63) is 24.3 Å². The highest BCUT2D eigenvalue weighted by Crippen LogP contribution is 2.17. The molecular formula is C15H28. The van der Waals surface area contributed by atoms with E-state index in [-0.39, 0.29) is 0 Å². The smallest absolute Gasteiger partial charge is 0.0313 e. The van der Waals surface area contributed by atoms with Crippen LogP contribution in [0.5, 0.6) is 0 Å². The number of rotatable bonds is 9. The van der Waals surface area contributed by atoms with Gasteiger partial charge in [-0.2, -0.15) is 0 Å². The lowest BCUT2D eigenvalue weighted by Crippen LogP contribution is -1.92. The van der Waals surface area contributed by atoms with Gasteiger partial charge in [-0.3, -0.25) is 0 Å². The largest absolute Gasteiger partial charge is 0.103 e. The minimum Gasteiger partial charge on any atom is -0.103 e. The number of hydrogen-bond donors (Lipinski definition) is 0. The molecule has 0 saturated carbocycles. The van der Waals surface area contributed by atoms with Crippen molar-refractivity contribution in [3.63, 3.8) is 0 Å². The lowest BCUT2D eigenvalue weighted by atomic mass is 9.97. The van der Waals surface area contributed by atoms with E-state index < -0.39 is 0 Å². The van der Waals surface area contributed by atoms with Crippen LogP contribution in [0.15, 0.2) is 24.3 Å². The molecule has 1 unspecified atom stereocenters. The van der Waals surface area contributed by atoms with Crippen molar-refractivity contribution in [2.75, 3.05) is 0 Å². The second kappa shape index (κ2) is 10.0. The Labute approximate surface area is 96.5 Å². The summed E-state index contributed by atoms with van der Waals surface area (Å²) >= 11 is 0. The van der Waals surface area contributed by atoms with Gasteiger partial charge in [-0.1, -0.05) is 51.3 Å². The summed E-state index contributed by atoms with van der Waals surface area (Å²) in [6.45, 7) is 10.7. The van der Waals surface area contributed by atoms with Gasteiger partial charge >= 0.3 is 0 Å². The van der Waals surface area contributed by atoms with Crippen LogP contribution in [0.3, 0.4) is 0 Å². The SMILES string of the molecule is C=CCC/C=C(\CC)CCCC(C)CC. The summed E-state index contributed by atoms with van der Waals surface area (Å²) in [5.74, 6) is 0.899. The summed E-state index contributed by atoms with van der Waals surface area (Å²) in [6.07, 6.45) is 13.3. The van der Waals surface area contributed by atoms with Gasteiger partial charge in [-0.25, -0.2) is 0 Å². The Balaban J connectivity index is 3.69. The van der Waals surface area contributed by atoms with Crippen molar-refractivity contribution in [3.8, 4) is 0 Å². The molecule has 0 nitrogen and oxygen atoms in total. The molecule has 0 aromatic rings. The highest BCUT2D eigenvalue weighted by atomic mass is 14.1. The predicted octanol–water partition coefficient (Wildman–Crippen LogP) is 5.51. The van der Waals surface area contributed by atoms with Crippen LogP contribution in [-0.4, -0.2) is 0 Å². The van der Waals surface area contributed by atoms with Crippen molar-refractivity contribution in [2.24, 2.45) is 5.92 Å². The Morgan fingerprint density at radius 1 is 1.27 bits per heavy atom. The van der Waals surface area contributed by atoms with E-state index in [4.69, 9.17) is 0 Å². The van der Waals surface area contributed by atoms with E-state index in [0.717, 1.165) is 12.3 Å². The number of hydrogen-bond acceptors (Lipinski definition) is 0. The normalized spacial score (nSPS) is 13.9. The maximum Gasteiger partial charge on any atom is -0.0313 e. The van der Waals surface area contributed by atoms with Crippen LogP contribution < -0.4 is 0 Å². The Kier molecular flexibility index (Phi) is 9.67. The summed E-state index contributed by atoms with van der Waals surface area (Å²) < 4.78 is 0. The molecule has 0 saturated heterocycles. The van der Waals surface area contributed by atoms with Gasteiger partial charge in [0.15, 0.2) is 0 Å². The molecular weight excluding hydrogens is 180 g/mol. The molecule has 0 heterocycles. The lowest BCUT2D eigenvalue weighted by molar-refractivity contribution is 0.493. The lowest BCUT2D eigenvalue weighted by Gasteiger charge is -2.09. The van der Waals surface area contributed by atoms with Crippen LogP contribution in [0.25, 0.3) is 0 Å². The van der Waals surface area contributed by atoms with E-state index in [1.54, 1.807) is 5.57 Å². The van der Waals surface area contributed by atoms with Gasteiger partial charge in [0.05, 0.1) is 0 Å². The van der Waals surface area contributed by atoms with E-state index in [9.17, 15) is 0 Å². The zero-order chi connectivity index (χ0) is 11.5. The Morgan fingerprint density at radius 3 is 2.53 bits per heavy atom. The molecule has 15 heavy (non-hydrogen) atoms. The van der Waals surface area contributed by atoms with Gasteiger partial charge in [-0.05, 0) is 38.0 Å². The van der Waals surface area contributed by atoms with Gasteiger partial charge in [0, 0.05) is 0 Å². The number of allylic oxidation sites excluding steroid dienone is 3. The summed E-state index contributed by atoms with van der Waals surface area (Å²) in [7, 11) is 0. The van der Waals surface area contributed by atoms with E-state index >= 15 is 0 Å². The van der Waals surface area contributed by atoms with Crippen molar-refractivity contribution in [1.82, 2.24) is 0 Å². The van der Waals surface area contributed by atoms with E-state index in [1.165, 1.54) is 38.5 Å². The summed E-state index contributed by atoms with van der Waals surface area (Å²) in [5.41, 5.74) is 1.64. The summed E-state index contributed by atoms with van der Waals surface area (Å²) in [4.78, 5) is 0. The van der Waals surface area contributed by atoms with E-state index in [0.29, 0.717) is 0 Å². The summed E-state index contributed by atoms with van der Waals surface area (Å²) in [6, 6.07) is 0.